The summed E-state index contributed by atoms with van der Waals surface area (Å²) in [5.41, 5.74) is 1.47. The van der Waals surface area contributed by atoms with E-state index in [0.717, 1.165) is 28.7 Å². The van der Waals surface area contributed by atoms with Crippen LogP contribution in [0.4, 0.5) is 4.39 Å². The molecule has 156 valence electrons. The first-order valence-electron chi connectivity index (χ1n) is 9.04. The number of nitriles is 1. The Morgan fingerprint density at radius 2 is 2.03 bits per heavy atom. The predicted molar refractivity (Wildman–Crippen MR) is 123 cm³/mol. The fraction of sp³-hybridized carbons (Fsp3) is 0.143. The van der Waals surface area contributed by atoms with Gasteiger partial charge in [0.2, 0.25) is 0 Å². The first-order chi connectivity index (χ1) is 15.0. The van der Waals surface area contributed by atoms with E-state index >= 15 is 0 Å². The van der Waals surface area contributed by atoms with Gasteiger partial charge < -0.3 is 4.74 Å². The Bertz CT molecular complexity index is 1470. The van der Waals surface area contributed by atoms with E-state index in [0.29, 0.717) is 15.4 Å². The SMILES string of the molecule is COc1ccccc1-n1c(SCC#N)nc2c(sc(=S)n2-c2cc(C)ccc2F)c1=O. The highest BCUT2D eigenvalue weighted by atomic mass is 32.2. The van der Waals surface area contributed by atoms with Gasteiger partial charge in [0, 0.05) is 0 Å². The van der Waals surface area contributed by atoms with Crippen molar-refractivity contribution in [2.45, 2.75) is 12.1 Å². The van der Waals surface area contributed by atoms with Crippen molar-refractivity contribution in [3.05, 3.63) is 68.2 Å². The Morgan fingerprint density at radius 3 is 2.77 bits per heavy atom. The minimum absolute atomic E-state index is 0.0801. The normalized spacial score (nSPS) is 10.9. The van der Waals surface area contributed by atoms with E-state index in [9.17, 15) is 9.18 Å². The van der Waals surface area contributed by atoms with E-state index in [1.165, 1.54) is 22.3 Å². The molecule has 0 atom stereocenters. The van der Waals surface area contributed by atoms with Crippen molar-refractivity contribution in [2.24, 2.45) is 0 Å². The maximum atomic E-state index is 14.6. The molecule has 4 rings (SSSR count). The number of halogens is 1. The Labute approximate surface area is 190 Å². The number of hydrogen-bond donors (Lipinski definition) is 0. The molecule has 4 aromatic rings. The lowest BCUT2D eigenvalue weighted by Gasteiger charge is -2.14. The van der Waals surface area contributed by atoms with Crippen molar-refractivity contribution in [2.75, 3.05) is 12.9 Å². The largest absolute Gasteiger partial charge is 0.495 e. The Morgan fingerprint density at radius 1 is 1.26 bits per heavy atom. The van der Waals surface area contributed by atoms with Crippen molar-refractivity contribution in [1.29, 1.82) is 5.26 Å². The van der Waals surface area contributed by atoms with Crippen LogP contribution in [-0.2, 0) is 0 Å². The zero-order chi connectivity index (χ0) is 22.1. The van der Waals surface area contributed by atoms with Gasteiger partial charge in [0.05, 0.1) is 30.3 Å². The smallest absolute Gasteiger partial charge is 0.278 e. The summed E-state index contributed by atoms with van der Waals surface area (Å²) < 4.78 is 23.5. The molecule has 0 spiro atoms. The molecule has 0 radical (unpaired) electrons. The highest BCUT2D eigenvalue weighted by molar-refractivity contribution is 7.99. The van der Waals surface area contributed by atoms with Crippen molar-refractivity contribution in [1.82, 2.24) is 14.1 Å². The van der Waals surface area contributed by atoms with E-state index in [1.807, 2.05) is 6.92 Å². The number of ether oxygens (including phenoxy) is 1. The third-order valence-corrected chi connectivity index (χ3v) is 6.67. The fourth-order valence-electron chi connectivity index (χ4n) is 3.16. The van der Waals surface area contributed by atoms with E-state index < -0.39 is 5.82 Å². The number of hydrogen-bond acceptors (Lipinski definition) is 7. The van der Waals surface area contributed by atoms with Crippen LogP contribution in [0.3, 0.4) is 0 Å². The van der Waals surface area contributed by atoms with Gasteiger partial charge in [-0.2, -0.15) is 5.26 Å². The monoisotopic (exact) mass is 470 g/mol. The number of para-hydroxylation sites is 2. The molecule has 0 aliphatic rings. The van der Waals surface area contributed by atoms with E-state index in [1.54, 1.807) is 36.4 Å². The molecule has 0 saturated carbocycles. The third kappa shape index (κ3) is 3.76. The molecule has 2 heterocycles. The van der Waals surface area contributed by atoms with Crippen molar-refractivity contribution >= 4 is 45.7 Å². The molecule has 0 fully saturated rings. The number of aryl methyl sites for hydroxylation is 1. The first-order valence-corrected chi connectivity index (χ1v) is 11.3. The molecule has 0 aliphatic carbocycles. The lowest BCUT2D eigenvalue weighted by Crippen LogP contribution is -2.22. The number of fused-ring (bicyclic) bond motifs is 1. The second kappa shape index (κ2) is 8.63. The summed E-state index contributed by atoms with van der Waals surface area (Å²) in [6, 6.07) is 13.8. The van der Waals surface area contributed by atoms with Crippen LogP contribution in [0.1, 0.15) is 5.56 Å². The molecule has 31 heavy (non-hydrogen) atoms. The maximum absolute atomic E-state index is 14.6. The van der Waals surface area contributed by atoms with Gasteiger partial charge in [-0.1, -0.05) is 41.3 Å². The minimum Gasteiger partial charge on any atom is -0.495 e. The maximum Gasteiger partial charge on any atom is 0.278 e. The first kappa shape index (κ1) is 21.2. The van der Waals surface area contributed by atoms with Crippen LogP contribution < -0.4 is 10.3 Å². The Balaban J connectivity index is 2.10. The summed E-state index contributed by atoms with van der Waals surface area (Å²) in [6.07, 6.45) is 0. The Kier molecular flexibility index (Phi) is 5.91. The van der Waals surface area contributed by atoms with Crippen LogP contribution in [0.2, 0.25) is 0 Å². The number of aromatic nitrogens is 3. The number of methoxy groups -OCH3 is 1. The van der Waals surface area contributed by atoms with Crippen LogP contribution in [-0.4, -0.2) is 27.0 Å². The summed E-state index contributed by atoms with van der Waals surface area (Å²) in [7, 11) is 1.51. The molecule has 10 heteroatoms. The molecule has 0 saturated heterocycles. The molecular formula is C21H15FN4O2S3. The average Bonchev–Trinajstić information content (AvgIpc) is 3.10. The van der Waals surface area contributed by atoms with Gasteiger partial charge in [-0.05, 0) is 49.0 Å². The third-order valence-electron chi connectivity index (χ3n) is 4.51. The zero-order valence-corrected chi connectivity index (χ0v) is 18.9. The van der Waals surface area contributed by atoms with Gasteiger partial charge in [0.25, 0.3) is 5.56 Å². The van der Waals surface area contributed by atoms with Crippen LogP contribution in [0.25, 0.3) is 21.7 Å². The van der Waals surface area contributed by atoms with Crippen LogP contribution >= 0.6 is 35.3 Å². The summed E-state index contributed by atoms with van der Waals surface area (Å²) in [5.74, 6) is 0.0946. The molecule has 0 unspecified atom stereocenters. The van der Waals surface area contributed by atoms with Crippen molar-refractivity contribution < 1.29 is 9.13 Å². The van der Waals surface area contributed by atoms with Gasteiger partial charge >= 0.3 is 0 Å². The van der Waals surface area contributed by atoms with Crippen LogP contribution in [0.5, 0.6) is 5.75 Å². The predicted octanol–water partition coefficient (Wildman–Crippen LogP) is 5.04. The van der Waals surface area contributed by atoms with Gasteiger partial charge in [-0.15, -0.1) is 0 Å². The zero-order valence-electron chi connectivity index (χ0n) is 16.5. The number of benzene rings is 2. The number of thiazole rings is 1. The van der Waals surface area contributed by atoms with Crippen molar-refractivity contribution in [3.8, 4) is 23.2 Å². The van der Waals surface area contributed by atoms with Gasteiger partial charge in [0.1, 0.15) is 16.3 Å². The molecule has 0 aliphatic heterocycles. The van der Waals surface area contributed by atoms with Gasteiger partial charge in [-0.3, -0.25) is 13.9 Å². The van der Waals surface area contributed by atoms with E-state index in [-0.39, 0.29) is 32.5 Å². The van der Waals surface area contributed by atoms with E-state index in [2.05, 4.69) is 11.1 Å². The molecular weight excluding hydrogens is 455 g/mol. The highest BCUT2D eigenvalue weighted by Crippen LogP contribution is 2.30. The molecule has 0 amide bonds. The highest BCUT2D eigenvalue weighted by Gasteiger charge is 2.21. The minimum atomic E-state index is -0.469. The average molecular weight is 471 g/mol. The molecule has 2 aromatic heterocycles. The fourth-order valence-corrected chi connectivity index (χ4v) is 5.11. The lowest BCUT2D eigenvalue weighted by molar-refractivity contribution is 0.411. The van der Waals surface area contributed by atoms with Gasteiger partial charge in [0.15, 0.2) is 14.8 Å². The summed E-state index contributed by atoms with van der Waals surface area (Å²) in [5, 5.41) is 9.39. The summed E-state index contributed by atoms with van der Waals surface area (Å²) in [6.45, 7) is 1.84. The van der Waals surface area contributed by atoms with Crippen LogP contribution in [0.15, 0.2) is 52.4 Å². The quantitative estimate of drug-likeness (QED) is 0.231. The van der Waals surface area contributed by atoms with Crippen LogP contribution in [0, 0.1) is 28.0 Å². The molecule has 6 nitrogen and oxygen atoms in total. The number of nitrogens with zero attached hydrogens (tertiary/aromatic N) is 4. The summed E-state index contributed by atoms with van der Waals surface area (Å²) >= 11 is 7.66. The molecule has 2 aromatic carbocycles. The second-order valence-electron chi connectivity index (χ2n) is 6.46. The number of thioether (sulfide) groups is 1. The number of rotatable bonds is 5. The molecule has 0 N–H and O–H groups in total. The van der Waals surface area contributed by atoms with Gasteiger partial charge in [-0.25, -0.2) is 9.37 Å². The van der Waals surface area contributed by atoms with Crippen molar-refractivity contribution in [3.63, 3.8) is 0 Å². The second-order valence-corrected chi connectivity index (χ2v) is 9.05. The lowest BCUT2D eigenvalue weighted by atomic mass is 10.2. The molecule has 0 bridgehead atoms. The summed E-state index contributed by atoms with van der Waals surface area (Å²) in [4.78, 5) is 18.2. The topological polar surface area (TPSA) is 72.8 Å². The van der Waals surface area contributed by atoms with E-state index in [4.69, 9.17) is 22.2 Å². The Hall–Kier alpha value is -3.00. The standard InChI is InChI=1S/C21H15FN4O2S3/c1-12-7-8-13(22)15(11-12)25-18-17(31-21(25)29)19(27)26(20(24-18)30-10-9-23)14-5-3-4-6-16(14)28-2/h3-8,11H,10H2,1-2H3.